The fourth-order valence-corrected chi connectivity index (χ4v) is 5.57. The SMILES string of the molecule is O=C(CSc1nnc(COc2ccc(Cl)cc2)n1-c1ccccc1)Nc1nc2ccc(Br)cc2s1. The van der Waals surface area contributed by atoms with E-state index in [1.807, 2.05) is 53.1 Å². The van der Waals surface area contributed by atoms with Crippen molar-refractivity contribution in [2.45, 2.75) is 11.8 Å². The zero-order valence-corrected chi connectivity index (χ0v) is 22.0. The monoisotopic (exact) mass is 585 g/mol. The van der Waals surface area contributed by atoms with Gasteiger partial charge in [0, 0.05) is 15.2 Å². The third kappa shape index (κ3) is 5.84. The number of aromatic nitrogens is 4. The van der Waals surface area contributed by atoms with Gasteiger partial charge in [0.2, 0.25) is 5.91 Å². The lowest BCUT2D eigenvalue weighted by atomic mass is 10.3. The first-order valence-corrected chi connectivity index (χ1v) is 13.4. The molecule has 0 aliphatic rings. The number of nitrogens with one attached hydrogen (secondary N) is 1. The van der Waals surface area contributed by atoms with Crippen molar-refractivity contribution in [3.8, 4) is 11.4 Å². The second-order valence-corrected chi connectivity index (χ2v) is 10.6. The van der Waals surface area contributed by atoms with E-state index < -0.39 is 0 Å². The van der Waals surface area contributed by atoms with Crippen LogP contribution in [0.1, 0.15) is 5.82 Å². The molecule has 0 aliphatic carbocycles. The second-order valence-electron chi connectivity index (χ2n) is 7.28. The average molecular weight is 587 g/mol. The topological polar surface area (TPSA) is 81.9 Å². The molecule has 11 heteroatoms. The molecule has 35 heavy (non-hydrogen) atoms. The van der Waals surface area contributed by atoms with Gasteiger partial charge in [0.15, 0.2) is 16.1 Å². The quantitative estimate of drug-likeness (QED) is 0.206. The third-order valence-corrected chi connectivity index (χ3v) is 7.43. The summed E-state index contributed by atoms with van der Waals surface area (Å²) >= 11 is 12.1. The number of benzene rings is 3. The zero-order chi connectivity index (χ0) is 24.2. The van der Waals surface area contributed by atoms with Crippen molar-refractivity contribution in [2.75, 3.05) is 11.1 Å². The van der Waals surface area contributed by atoms with Crippen molar-refractivity contribution < 1.29 is 9.53 Å². The Labute approximate surface area is 222 Å². The molecular weight excluding hydrogens is 570 g/mol. The van der Waals surface area contributed by atoms with Crippen LogP contribution in [0.25, 0.3) is 15.9 Å². The number of fused-ring (bicyclic) bond motifs is 1. The molecular formula is C24H17BrClN5O2S2. The highest BCUT2D eigenvalue weighted by Gasteiger charge is 2.17. The summed E-state index contributed by atoms with van der Waals surface area (Å²) in [5.74, 6) is 1.27. The molecule has 0 atom stereocenters. The number of nitrogens with zero attached hydrogens (tertiary/aromatic N) is 4. The van der Waals surface area contributed by atoms with Crippen LogP contribution in [-0.2, 0) is 11.4 Å². The maximum absolute atomic E-state index is 12.7. The van der Waals surface area contributed by atoms with Gasteiger partial charge in [-0.25, -0.2) is 4.98 Å². The van der Waals surface area contributed by atoms with Gasteiger partial charge in [-0.05, 0) is 54.6 Å². The minimum Gasteiger partial charge on any atom is -0.486 e. The fraction of sp³-hybridized carbons (Fsp3) is 0.0833. The Balaban J connectivity index is 1.30. The van der Waals surface area contributed by atoms with Crippen LogP contribution in [-0.4, -0.2) is 31.4 Å². The highest BCUT2D eigenvalue weighted by atomic mass is 79.9. The van der Waals surface area contributed by atoms with Gasteiger partial charge in [0.05, 0.1) is 16.0 Å². The number of hydrogen-bond donors (Lipinski definition) is 1. The Bertz CT molecular complexity index is 1470. The van der Waals surface area contributed by atoms with Crippen LogP contribution in [0.4, 0.5) is 5.13 Å². The maximum atomic E-state index is 12.7. The van der Waals surface area contributed by atoms with Crippen molar-refractivity contribution in [3.05, 3.63) is 88.1 Å². The van der Waals surface area contributed by atoms with E-state index in [1.54, 1.807) is 24.3 Å². The molecule has 1 amide bonds. The molecule has 0 spiro atoms. The molecule has 0 bridgehead atoms. The van der Waals surface area contributed by atoms with Crippen LogP contribution in [0.5, 0.6) is 5.75 Å². The van der Waals surface area contributed by atoms with Crippen molar-refractivity contribution in [2.24, 2.45) is 0 Å². The maximum Gasteiger partial charge on any atom is 0.236 e. The van der Waals surface area contributed by atoms with Crippen molar-refractivity contribution in [1.82, 2.24) is 19.7 Å². The van der Waals surface area contributed by atoms with Crippen LogP contribution in [0.3, 0.4) is 0 Å². The van der Waals surface area contributed by atoms with Crippen LogP contribution in [0, 0.1) is 0 Å². The number of thiazole rings is 1. The first kappa shape index (κ1) is 23.8. The Morgan fingerprint density at radius 2 is 1.89 bits per heavy atom. The van der Waals surface area contributed by atoms with Gasteiger partial charge in [-0.15, -0.1) is 10.2 Å². The van der Waals surface area contributed by atoms with Gasteiger partial charge in [-0.1, -0.05) is 68.8 Å². The lowest BCUT2D eigenvalue weighted by Crippen LogP contribution is -2.14. The van der Waals surface area contributed by atoms with E-state index in [0.29, 0.717) is 26.9 Å². The van der Waals surface area contributed by atoms with Crippen LogP contribution < -0.4 is 10.1 Å². The molecule has 3 aromatic carbocycles. The second kappa shape index (κ2) is 10.8. The molecule has 176 valence electrons. The number of carbonyl (C=O) groups is 1. The number of anilines is 1. The number of carbonyl (C=O) groups excluding carboxylic acids is 1. The van der Waals surface area contributed by atoms with Gasteiger partial charge in [-0.2, -0.15) is 0 Å². The normalized spacial score (nSPS) is 11.0. The number of halogens is 2. The summed E-state index contributed by atoms with van der Waals surface area (Å²) < 4.78 is 9.74. The summed E-state index contributed by atoms with van der Waals surface area (Å²) in [4.78, 5) is 17.1. The number of hydrogen-bond acceptors (Lipinski definition) is 7. The van der Waals surface area contributed by atoms with Gasteiger partial charge >= 0.3 is 0 Å². The van der Waals surface area contributed by atoms with E-state index >= 15 is 0 Å². The van der Waals surface area contributed by atoms with E-state index in [4.69, 9.17) is 16.3 Å². The average Bonchev–Trinajstić information content (AvgIpc) is 3.45. The van der Waals surface area contributed by atoms with Gasteiger partial charge in [0.25, 0.3) is 0 Å². The smallest absolute Gasteiger partial charge is 0.236 e. The molecule has 5 aromatic rings. The number of thioether (sulfide) groups is 1. The van der Waals surface area contributed by atoms with Crippen molar-refractivity contribution in [1.29, 1.82) is 0 Å². The van der Waals surface area contributed by atoms with E-state index in [9.17, 15) is 4.79 Å². The van der Waals surface area contributed by atoms with Crippen LogP contribution in [0.2, 0.25) is 5.02 Å². The molecule has 0 saturated carbocycles. The minimum absolute atomic E-state index is 0.155. The standard InChI is InChI=1S/C24H17BrClN5O2S2/c25-15-6-11-19-20(12-15)35-23(27-19)28-22(32)14-34-24-30-29-21(31(24)17-4-2-1-3-5-17)13-33-18-9-7-16(26)8-10-18/h1-12H,13-14H2,(H,27,28,32). The van der Waals surface area contributed by atoms with Crippen molar-refractivity contribution >= 4 is 71.9 Å². The van der Waals surface area contributed by atoms with Crippen LogP contribution >= 0.6 is 50.6 Å². The van der Waals surface area contributed by atoms with E-state index in [2.05, 4.69) is 36.4 Å². The molecule has 1 N–H and O–H groups in total. The predicted molar refractivity (Wildman–Crippen MR) is 144 cm³/mol. The first-order valence-electron chi connectivity index (χ1n) is 10.4. The lowest BCUT2D eigenvalue weighted by molar-refractivity contribution is -0.113. The summed E-state index contributed by atoms with van der Waals surface area (Å²) in [6, 6.07) is 22.7. The van der Waals surface area contributed by atoms with Gasteiger partial charge < -0.3 is 10.1 Å². The highest BCUT2D eigenvalue weighted by Crippen LogP contribution is 2.29. The Morgan fingerprint density at radius 3 is 2.69 bits per heavy atom. The number of para-hydroxylation sites is 1. The summed E-state index contributed by atoms with van der Waals surface area (Å²) in [7, 11) is 0. The van der Waals surface area contributed by atoms with Crippen LogP contribution in [0.15, 0.2) is 82.4 Å². The van der Waals surface area contributed by atoms with E-state index in [0.717, 1.165) is 20.4 Å². The largest absolute Gasteiger partial charge is 0.486 e. The Morgan fingerprint density at radius 1 is 1.09 bits per heavy atom. The fourth-order valence-electron chi connectivity index (χ4n) is 3.24. The number of ether oxygens (including phenoxy) is 1. The molecule has 0 radical (unpaired) electrons. The molecule has 0 aliphatic heterocycles. The molecule has 2 aromatic heterocycles. The summed E-state index contributed by atoms with van der Waals surface area (Å²) in [5, 5.41) is 13.3. The Hall–Kier alpha value is -2.92. The molecule has 5 rings (SSSR count). The van der Waals surface area contributed by atoms with Gasteiger partial charge in [0.1, 0.15) is 12.4 Å². The highest BCUT2D eigenvalue weighted by molar-refractivity contribution is 9.10. The van der Waals surface area contributed by atoms with E-state index in [-0.39, 0.29) is 18.3 Å². The van der Waals surface area contributed by atoms with E-state index in [1.165, 1.54) is 23.1 Å². The summed E-state index contributed by atoms with van der Waals surface area (Å²) in [5.41, 5.74) is 1.72. The molecule has 0 saturated heterocycles. The zero-order valence-electron chi connectivity index (χ0n) is 18.0. The lowest BCUT2D eigenvalue weighted by Gasteiger charge is -2.11. The Kier molecular flexibility index (Phi) is 7.33. The molecule has 0 unspecified atom stereocenters. The summed E-state index contributed by atoms with van der Waals surface area (Å²) in [6.45, 7) is 0.206. The van der Waals surface area contributed by atoms with Crippen molar-refractivity contribution in [3.63, 3.8) is 0 Å². The third-order valence-electron chi connectivity index (χ3n) is 4.83. The molecule has 0 fully saturated rings. The summed E-state index contributed by atoms with van der Waals surface area (Å²) in [6.07, 6.45) is 0. The van der Waals surface area contributed by atoms with Gasteiger partial charge in [-0.3, -0.25) is 9.36 Å². The predicted octanol–water partition coefficient (Wildman–Crippen LogP) is 6.60. The first-order chi connectivity index (χ1) is 17.0. The molecule has 2 heterocycles. The number of amides is 1. The molecule has 7 nitrogen and oxygen atoms in total. The number of rotatable bonds is 8. The minimum atomic E-state index is -0.172.